The van der Waals surface area contributed by atoms with Crippen LogP contribution in [-0.4, -0.2) is 36.6 Å². The lowest BCUT2D eigenvalue weighted by Crippen LogP contribution is -2.48. The molecule has 2 aliphatic carbocycles. The Bertz CT molecular complexity index is 242. The Morgan fingerprint density at radius 1 is 1.11 bits per heavy atom. The summed E-state index contributed by atoms with van der Waals surface area (Å²) in [5.41, 5.74) is 0. The standard InChI is InChI=1S/C17H34N2/c1-4-11-18-17(16-7-5-6-8-16)13-19(14(2)3)12-15-9-10-15/h14-18H,4-13H2,1-3H3. The number of rotatable bonds is 9. The van der Waals surface area contributed by atoms with Crippen LogP contribution in [-0.2, 0) is 0 Å². The summed E-state index contributed by atoms with van der Waals surface area (Å²) in [6.45, 7) is 10.8. The third-order valence-corrected chi connectivity index (χ3v) is 4.98. The molecule has 1 atom stereocenters. The van der Waals surface area contributed by atoms with Crippen molar-refractivity contribution < 1.29 is 0 Å². The summed E-state index contributed by atoms with van der Waals surface area (Å²) in [4.78, 5) is 2.74. The molecule has 0 heterocycles. The van der Waals surface area contributed by atoms with E-state index in [0.717, 1.165) is 17.9 Å². The van der Waals surface area contributed by atoms with Crippen molar-refractivity contribution in [3.8, 4) is 0 Å². The maximum Gasteiger partial charge on any atom is 0.0223 e. The van der Waals surface area contributed by atoms with Gasteiger partial charge in [0, 0.05) is 25.2 Å². The minimum atomic E-state index is 0.702. The van der Waals surface area contributed by atoms with Gasteiger partial charge in [0.25, 0.3) is 0 Å². The Balaban J connectivity index is 1.87. The summed E-state index contributed by atoms with van der Waals surface area (Å²) in [7, 11) is 0. The quantitative estimate of drug-likeness (QED) is 0.685. The van der Waals surface area contributed by atoms with Crippen LogP contribution in [0.4, 0.5) is 0 Å². The first-order chi connectivity index (χ1) is 9.20. The predicted octanol–water partition coefficient (Wildman–Crippen LogP) is 3.67. The molecule has 2 saturated carbocycles. The molecule has 2 fully saturated rings. The Hall–Kier alpha value is -0.0800. The summed E-state index contributed by atoms with van der Waals surface area (Å²) in [5.74, 6) is 1.95. The van der Waals surface area contributed by atoms with E-state index in [9.17, 15) is 0 Å². The molecule has 0 spiro atoms. The highest BCUT2D eigenvalue weighted by Gasteiger charge is 2.30. The van der Waals surface area contributed by atoms with Crippen molar-refractivity contribution in [2.24, 2.45) is 11.8 Å². The Kier molecular flexibility index (Phi) is 6.15. The summed E-state index contributed by atoms with van der Waals surface area (Å²) in [6, 6.07) is 1.44. The molecule has 1 N–H and O–H groups in total. The Morgan fingerprint density at radius 3 is 2.32 bits per heavy atom. The second-order valence-electron chi connectivity index (χ2n) is 7.10. The maximum atomic E-state index is 3.85. The topological polar surface area (TPSA) is 15.3 Å². The van der Waals surface area contributed by atoms with Crippen molar-refractivity contribution in [1.29, 1.82) is 0 Å². The van der Waals surface area contributed by atoms with Gasteiger partial charge in [-0.3, -0.25) is 4.90 Å². The molecule has 2 rings (SSSR count). The van der Waals surface area contributed by atoms with E-state index in [1.807, 2.05) is 0 Å². The van der Waals surface area contributed by atoms with E-state index in [2.05, 4.69) is 31.0 Å². The lowest BCUT2D eigenvalue weighted by atomic mass is 9.96. The van der Waals surface area contributed by atoms with Crippen molar-refractivity contribution in [2.75, 3.05) is 19.6 Å². The Morgan fingerprint density at radius 2 is 1.79 bits per heavy atom. The van der Waals surface area contributed by atoms with E-state index in [-0.39, 0.29) is 0 Å². The van der Waals surface area contributed by atoms with Crippen LogP contribution >= 0.6 is 0 Å². The third-order valence-electron chi connectivity index (χ3n) is 4.98. The van der Waals surface area contributed by atoms with Crippen LogP contribution < -0.4 is 5.32 Å². The summed E-state index contributed by atoms with van der Waals surface area (Å²) in [5, 5.41) is 3.85. The monoisotopic (exact) mass is 266 g/mol. The second kappa shape index (κ2) is 7.64. The molecule has 0 bridgehead atoms. The molecule has 0 amide bonds. The predicted molar refractivity (Wildman–Crippen MR) is 83.5 cm³/mol. The molecule has 0 radical (unpaired) electrons. The number of nitrogens with one attached hydrogen (secondary N) is 1. The van der Waals surface area contributed by atoms with Gasteiger partial charge in [0.1, 0.15) is 0 Å². The fourth-order valence-corrected chi connectivity index (χ4v) is 3.45. The van der Waals surface area contributed by atoms with Crippen LogP contribution in [0.5, 0.6) is 0 Å². The van der Waals surface area contributed by atoms with Gasteiger partial charge in [0.15, 0.2) is 0 Å². The average molecular weight is 266 g/mol. The van der Waals surface area contributed by atoms with Crippen LogP contribution in [0.25, 0.3) is 0 Å². The van der Waals surface area contributed by atoms with Crippen LogP contribution in [0, 0.1) is 11.8 Å². The van der Waals surface area contributed by atoms with Gasteiger partial charge in [-0.05, 0) is 64.3 Å². The normalized spacial score (nSPS) is 22.6. The summed E-state index contributed by atoms with van der Waals surface area (Å²) >= 11 is 0. The van der Waals surface area contributed by atoms with Crippen LogP contribution in [0.2, 0.25) is 0 Å². The zero-order valence-electron chi connectivity index (χ0n) is 13.3. The SMILES string of the molecule is CCCNC(CN(CC1CC1)C(C)C)C1CCCC1. The highest BCUT2D eigenvalue weighted by Crippen LogP contribution is 2.32. The first-order valence-corrected chi connectivity index (χ1v) is 8.68. The van der Waals surface area contributed by atoms with Gasteiger partial charge >= 0.3 is 0 Å². The van der Waals surface area contributed by atoms with E-state index >= 15 is 0 Å². The van der Waals surface area contributed by atoms with Crippen molar-refractivity contribution in [3.63, 3.8) is 0 Å². The van der Waals surface area contributed by atoms with Crippen molar-refractivity contribution in [1.82, 2.24) is 10.2 Å². The smallest absolute Gasteiger partial charge is 0.0223 e. The van der Waals surface area contributed by atoms with Crippen LogP contribution in [0.15, 0.2) is 0 Å². The van der Waals surface area contributed by atoms with E-state index in [0.29, 0.717) is 6.04 Å². The summed E-state index contributed by atoms with van der Waals surface area (Å²) in [6.07, 6.45) is 10.0. The molecule has 19 heavy (non-hydrogen) atoms. The zero-order valence-corrected chi connectivity index (χ0v) is 13.3. The molecule has 0 aromatic rings. The lowest BCUT2D eigenvalue weighted by molar-refractivity contribution is 0.166. The minimum Gasteiger partial charge on any atom is -0.312 e. The molecule has 0 aromatic carbocycles. The number of hydrogen-bond donors (Lipinski definition) is 1. The fraction of sp³-hybridized carbons (Fsp3) is 1.00. The zero-order chi connectivity index (χ0) is 13.7. The maximum absolute atomic E-state index is 3.85. The lowest BCUT2D eigenvalue weighted by Gasteiger charge is -2.34. The van der Waals surface area contributed by atoms with Gasteiger partial charge in [-0.1, -0.05) is 19.8 Å². The third kappa shape index (κ3) is 5.07. The van der Waals surface area contributed by atoms with Gasteiger partial charge in [0.2, 0.25) is 0 Å². The molecule has 1 unspecified atom stereocenters. The average Bonchev–Trinajstić information content (AvgIpc) is 3.04. The number of nitrogens with zero attached hydrogens (tertiary/aromatic N) is 1. The fourth-order valence-electron chi connectivity index (χ4n) is 3.45. The van der Waals surface area contributed by atoms with Crippen LogP contribution in [0.3, 0.4) is 0 Å². The molecule has 0 aromatic heterocycles. The largest absolute Gasteiger partial charge is 0.312 e. The van der Waals surface area contributed by atoms with Crippen LogP contribution in [0.1, 0.15) is 65.7 Å². The molecule has 2 heteroatoms. The van der Waals surface area contributed by atoms with Gasteiger partial charge in [-0.25, -0.2) is 0 Å². The molecule has 112 valence electrons. The van der Waals surface area contributed by atoms with Gasteiger partial charge in [-0.15, -0.1) is 0 Å². The van der Waals surface area contributed by atoms with E-state index in [1.165, 1.54) is 64.6 Å². The van der Waals surface area contributed by atoms with Gasteiger partial charge in [0.05, 0.1) is 0 Å². The van der Waals surface area contributed by atoms with Crippen molar-refractivity contribution >= 4 is 0 Å². The van der Waals surface area contributed by atoms with Crippen molar-refractivity contribution in [2.45, 2.75) is 77.8 Å². The molecule has 0 aliphatic heterocycles. The molecule has 2 aliphatic rings. The highest BCUT2D eigenvalue weighted by atomic mass is 15.2. The summed E-state index contributed by atoms with van der Waals surface area (Å²) < 4.78 is 0. The Labute approximate surface area is 120 Å². The highest BCUT2D eigenvalue weighted by molar-refractivity contribution is 4.86. The minimum absolute atomic E-state index is 0.702. The van der Waals surface area contributed by atoms with E-state index < -0.39 is 0 Å². The second-order valence-corrected chi connectivity index (χ2v) is 7.10. The van der Waals surface area contributed by atoms with Gasteiger partial charge < -0.3 is 5.32 Å². The molecular weight excluding hydrogens is 232 g/mol. The van der Waals surface area contributed by atoms with Crippen molar-refractivity contribution in [3.05, 3.63) is 0 Å². The molecule has 2 nitrogen and oxygen atoms in total. The first kappa shape index (κ1) is 15.3. The van der Waals surface area contributed by atoms with Gasteiger partial charge in [-0.2, -0.15) is 0 Å². The van der Waals surface area contributed by atoms with E-state index in [1.54, 1.807) is 0 Å². The molecular formula is C17H34N2. The van der Waals surface area contributed by atoms with E-state index in [4.69, 9.17) is 0 Å². The number of hydrogen-bond acceptors (Lipinski definition) is 2. The first-order valence-electron chi connectivity index (χ1n) is 8.68. The molecule has 0 saturated heterocycles.